The molecule has 1 atom stereocenters. The molecule has 2 aromatic carbocycles. The predicted octanol–water partition coefficient (Wildman–Crippen LogP) is 4.35. The molecule has 1 aromatic heterocycles. The van der Waals surface area contributed by atoms with Crippen molar-refractivity contribution in [3.8, 4) is 5.75 Å². The fraction of sp³-hybridized carbons (Fsp3) is 0.296. The van der Waals surface area contributed by atoms with Gasteiger partial charge in [-0.25, -0.2) is 23.8 Å². The lowest BCUT2D eigenvalue weighted by Gasteiger charge is -2.31. The van der Waals surface area contributed by atoms with Crippen LogP contribution < -0.4 is 25.3 Å². The first-order chi connectivity index (χ1) is 19.0. The van der Waals surface area contributed by atoms with Crippen molar-refractivity contribution < 1.29 is 27.9 Å². The van der Waals surface area contributed by atoms with E-state index in [1.54, 1.807) is 19.2 Å². The fourth-order valence-electron chi connectivity index (χ4n) is 4.61. The van der Waals surface area contributed by atoms with E-state index in [2.05, 4.69) is 32.1 Å². The highest BCUT2D eigenvalue weighted by Crippen LogP contribution is 2.40. The van der Waals surface area contributed by atoms with Crippen LogP contribution in [0.5, 0.6) is 5.75 Å². The van der Waals surface area contributed by atoms with Crippen molar-refractivity contribution in [2.24, 2.45) is 0 Å². The van der Waals surface area contributed by atoms with Gasteiger partial charge in [-0.05, 0) is 30.3 Å². The van der Waals surface area contributed by atoms with Crippen molar-refractivity contribution in [2.45, 2.75) is 12.5 Å². The van der Waals surface area contributed by atoms with Crippen LogP contribution in [-0.4, -0.2) is 55.9 Å². The molecule has 1 amide bonds. The van der Waals surface area contributed by atoms with Gasteiger partial charge in [0.2, 0.25) is 5.91 Å². The summed E-state index contributed by atoms with van der Waals surface area (Å²) in [5.41, 5.74) is 2.06. The maximum absolute atomic E-state index is 14.5. The molecule has 0 aliphatic carbocycles. The normalized spacial score (nSPS) is 17.2. The summed E-state index contributed by atoms with van der Waals surface area (Å²) in [6.45, 7) is 6.32. The van der Waals surface area contributed by atoms with Gasteiger partial charge < -0.3 is 25.0 Å². The van der Waals surface area contributed by atoms with E-state index in [0.29, 0.717) is 68.1 Å². The largest absolute Gasteiger partial charge is 0.494 e. The average molecular weight is 539 g/mol. The van der Waals surface area contributed by atoms with E-state index < -0.39 is 17.7 Å². The molecule has 0 unspecified atom stereocenters. The van der Waals surface area contributed by atoms with Gasteiger partial charge in [0.05, 0.1) is 50.0 Å². The zero-order chi connectivity index (χ0) is 27.4. The van der Waals surface area contributed by atoms with Crippen LogP contribution in [0.2, 0.25) is 0 Å². The van der Waals surface area contributed by atoms with Crippen molar-refractivity contribution in [3.05, 3.63) is 72.6 Å². The standard InChI is InChI=1S/C27H28F2N6O4/c1-3-27(36)33-20-13-21(24(37-2)14-23(20)34-7-10-38-11-8-34)32-25-15-26(31-16-30-25)35-22(6-9-39-35)18-12-17(28)4-5-19(18)29/h3-5,12-16,22H,1,6-11H2,2H3,(H,33,36)(H,30,31,32)/t22-/m1/s1. The van der Waals surface area contributed by atoms with Crippen LogP contribution in [-0.2, 0) is 14.4 Å². The molecule has 3 aromatic rings. The maximum atomic E-state index is 14.5. The Hall–Kier alpha value is -4.29. The van der Waals surface area contributed by atoms with Gasteiger partial charge in [0.1, 0.15) is 29.5 Å². The Bertz CT molecular complexity index is 1370. The Morgan fingerprint density at radius 3 is 2.72 bits per heavy atom. The molecule has 5 rings (SSSR count). The van der Waals surface area contributed by atoms with E-state index in [0.717, 1.165) is 17.8 Å². The molecule has 0 bridgehead atoms. The zero-order valence-corrected chi connectivity index (χ0v) is 21.3. The lowest BCUT2D eigenvalue weighted by atomic mass is 10.0. The van der Waals surface area contributed by atoms with Crippen LogP contribution >= 0.6 is 0 Å². The van der Waals surface area contributed by atoms with Crippen molar-refractivity contribution in [3.63, 3.8) is 0 Å². The number of anilines is 5. The summed E-state index contributed by atoms with van der Waals surface area (Å²) < 4.78 is 39.5. The number of morpholine rings is 1. The van der Waals surface area contributed by atoms with E-state index in [1.807, 2.05) is 6.07 Å². The average Bonchev–Trinajstić information content (AvgIpc) is 3.45. The number of carbonyl (C=O) groups is 1. The number of ether oxygens (including phenoxy) is 2. The molecule has 2 N–H and O–H groups in total. The number of rotatable bonds is 8. The Morgan fingerprint density at radius 2 is 1.95 bits per heavy atom. The van der Waals surface area contributed by atoms with Gasteiger partial charge in [-0.2, -0.15) is 0 Å². The third-order valence-electron chi connectivity index (χ3n) is 6.48. The summed E-state index contributed by atoms with van der Waals surface area (Å²) >= 11 is 0. The number of hydroxylamine groups is 1. The van der Waals surface area contributed by atoms with Gasteiger partial charge in [0.15, 0.2) is 5.82 Å². The second kappa shape index (κ2) is 11.6. The van der Waals surface area contributed by atoms with Gasteiger partial charge in [0.25, 0.3) is 0 Å². The van der Waals surface area contributed by atoms with E-state index in [1.165, 1.54) is 23.5 Å². The lowest BCUT2D eigenvalue weighted by Crippen LogP contribution is -2.36. The monoisotopic (exact) mass is 538 g/mol. The van der Waals surface area contributed by atoms with E-state index in [4.69, 9.17) is 14.3 Å². The van der Waals surface area contributed by atoms with E-state index >= 15 is 0 Å². The number of halogens is 2. The van der Waals surface area contributed by atoms with Crippen molar-refractivity contribution >= 4 is 34.6 Å². The first-order valence-electron chi connectivity index (χ1n) is 12.4. The number of hydrogen-bond donors (Lipinski definition) is 2. The van der Waals surface area contributed by atoms with Crippen LogP contribution in [0, 0.1) is 11.6 Å². The van der Waals surface area contributed by atoms with Crippen LogP contribution in [0.3, 0.4) is 0 Å². The first kappa shape index (κ1) is 26.3. The Balaban J connectivity index is 1.45. The van der Waals surface area contributed by atoms with Crippen LogP contribution in [0.15, 0.2) is 55.4 Å². The quantitative estimate of drug-likeness (QED) is 0.406. The molecular formula is C27H28F2N6O4. The smallest absolute Gasteiger partial charge is 0.247 e. The second-order valence-corrected chi connectivity index (χ2v) is 8.88. The number of hydrogen-bond acceptors (Lipinski definition) is 9. The third-order valence-corrected chi connectivity index (χ3v) is 6.48. The number of carbonyl (C=O) groups excluding carboxylic acids is 1. The van der Waals surface area contributed by atoms with Crippen molar-refractivity contribution in [2.75, 3.05) is 60.6 Å². The number of nitrogens with one attached hydrogen (secondary N) is 2. The second-order valence-electron chi connectivity index (χ2n) is 8.88. The number of benzene rings is 2. The highest BCUT2D eigenvalue weighted by atomic mass is 19.1. The molecule has 0 radical (unpaired) electrons. The highest BCUT2D eigenvalue weighted by molar-refractivity contribution is 6.02. The molecule has 3 heterocycles. The van der Waals surface area contributed by atoms with E-state index in [9.17, 15) is 13.6 Å². The molecule has 0 spiro atoms. The van der Waals surface area contributed by atoms with Gasteiger partial charge in [-0.15, -0.1) is 0 Å². The summed E-state index contributed by atoms with van der Waals surface area (Å²) in [4.78, 5) is 28.7. The van der Waals surface area contributed by atoms with Gasteiger partial charge >= 0.3 is 0 Å². The Morgan fingerprint density at radius 1 is 1.13 bits per heavy atom. The minimum absolute atomic E-state index is 0.184. The molecule has 2 fully saturated rings. The SMILES string of the molecule is C=CC(=O)Nc1cc(Nc2cc(N3OCC[C@@H]3c3cc(F)ccc3F)ncn2)c(OC)cc1N1CCOCC1. The predicted molar refractivity (Wildman–Crippen MR) is 142 cm³/mol. The lowest BCUT2D eigenvalue weighted by molar-refractivity contribution is -0.111. The number of aromatic nitrogens is 2. The first-order valence-corrected chi connectivity index (χ1v) is 12.4. The molecule has 0 saturated carbocycles. The topological polar surface area (TPSA) is 101 Å². The molecule has 12 heteroatoms. The van der Waals surface area contributed by atoms with Crippen LogP contribution in [0.4, 0.5) is 37.5 Å². The van der Waals surface area contributed by atoms with E-state index in [-0.39, 0.29) is 11.5 Å². The Labute approximate surface area is 224 Å². The zero-order valence-electron chi connectivity index (χ0n) is 21.3. The molecular weight excluding hydrogens is 510 g/mol. The summed E-state index contributed by atoms with van der Waals surface area (Å²) in [6.07, 6.45) is 2.99. The van der Waals surface area contributed by atoms with Crippen molar-refractivity contribution in [1.82, 2.24) is 9.97 Å². The molecule has 2 aliphatic rings. The van der Waals surface area contributed by atoms with Gasteiger partial charge in [0, 0.05) is 37.2 Å². The molecule has 39 heavy (non-hydrogen) atoms. The molecule has 204 valence electrons. The molecule has 10 nitrogen and oxygen atoms in total. The van der Waals surface area contributed by atoms with Gasteiger partial charge in [-0.3, -0.25) is 9.63 Å². The van der Waals surface area contributed by atoms with Crippen LogP contribution in [0.1, 0.15) is 18.0 Å². The number of nitrogens with zero attached hydrogens (tertiary/aromatic N) is 4. The summed E-state index contributed by atoms with van der Waals surface area (Å²) in [5, 5.41) is 7.53. The van der Waals surface area contributed by atoms with Gasteiger partial charge in [-0.1, -0.05) is 6.58 Å². The summed E-state index contributed by atoms with van der Waals surface area (Å²) in [5.74, 6) is -0.133. The van der Waals surface area contributed by atoms with Crippen LogP contribution in [0.25, 0.3) is 0 Å². The summed E-state index contributed by atoms with van der Waals surface area (Å²) in [7, 11) is 1.55. The molecule has 2 aliphatic heterocycles. The highest BCUT2D eigenvalue weighted by Gasteiger charge is 2.31. The van der Waals surface area contributed by atoms with Crippen molar-refractivity contribution in [1.29, 1.82) is 0 Å². The maximum Gasteiger partial charge on any atom is 0.247 e. The fourth-order valence-corrected chi connectivity index (χ4v) is 4.61. The number of methoxy groups -OCH3 is 1. The molecule has 2 saturated heterocycles. The minimum atomic E-state index is -0.563. The third kappa shape index (κ3) is 5.76. The Kier molecular flexibility index (Phi) is 7.84. The minimum Gasteiger partial charge on any atom is -0.494 e. The summed E-state index contributed by atoms with van der Waals surface area (Å²) in [6, 6.07) is 8.00. The number of amides is 1.